The number of hydrogen-bond acceptors (Lipinski definition) is 4. The second-order valence-electron chi connectivity index (χ2n) is 4.11. The number of hydrogen-bond donors (Lipinski definition) is 2. The Morgan fingerprint density at radius 2 is 2.06 bits per heavy atom. The molecule has 0 aliphatic heterocycles. The predicted molar refractivity (Wildman–Crippen MR) is 67.2 cm³/mol. The van der Waals surface area contributed by atoms with E-state index in [9.17, 15) is 9.59 Å². The molecular formula is C11H15ClN4O2. The highest BCUT2D eigenvalue weighted by atomic mass is 35.5. The van der Waals surface area contributed by atoms with Gasteiger partial charge in [0.2, 0.25) is 5.91 Å². The summed E-state index contributed by atoms with van der Waals surface area (Å²) >= 11 is 5.60. The molecule has 18 heavy (non-hydrogen) atoms. The first-order valence-electron chi connectivity index (χ1n) is 5.51. The summed E-state index contributed by atoms with van der Waals surface area (Å²) in [6, 6.07) is 0. The molecule has 1 aromatic rings. The van der Waals surface area contributed by atoms with Gasteiger partial charge in [0.15, 0.2) is 0 Å². The van der Waals surface area contributed by atoms with Crippen molar-refractivity contribution < 1.29 is 9.59 Å². The first-order valence-corrected chi connectivity index (χ1v) is 5.89. The standard InChI is InChI=1S/C11H15ClN4O2/c1-7(2)3-14-10(17)6-15-11(18)8-4-13-5-9(12)16-8/h4-5,7H,3,6H2,1-2H3,(H,14,17)(H,15,18). The molecule has 2 amide bonds. The van der Waals surface area contributed by atoms with Crippen LogP contribution < -0.4 is 10.6 Å². The number of rotatable bonds is 5. The average Bonchev–Trinajstić information content (AvgIpc) is 2.33. The van der Waals surface area contributed by atoms with Crippen molar-refractivity contribution in [2.24, 2.45) is 5.92 Å². The summed E-state index contributed by atoms with van der Waals surface area (Å²) < 4.78 is 0. The summed E-state index contributed by atoms with van der Waals surface area (Å²) in [7, 11) is 0. The molecule has 1 heterocycles. The van der Waals surface area contributed by atoms with Crippen LogP contribution in [0.4, 0.5) is 0 Å². The maximum atomic E-state index is 11.6. The molecule has 0 aromatic carbocycles. The van der Waals surface area contributed by atoms with Gasteiger partial charge in [0.1, 0.15) is 10.8 Å². The van der Waals surface area contributed by atoms with Crippen LogP contribution in [0.15, 0.2) is 12.4 Å². The third-order valence-corrected chi connectivity index (χ3v) is 2.14. The van der Waals surface area contributed by atoms with E-state index in [1.165, 1.54) is 12.4 Å². The normalized spacial score (nSPS) is 10.2. The average molecular weight is 271 g/mol. The molecule has 0 spiro atoms. The molecule has 0 saturated heterocycles. The third-order valence-electron chi connectivity index (χ3n) is 1.95. The van der Waals surface area contributed by atoms with E-state index in [4.69, 9.17) is 11.6 Å². The molecule has 0 atom stereocenters. The van der Waals surface area contributed by atoms with E-state index in [0.29, 0.717) is 12.5 Å². The zero-order chi connectivity index (χ0) is 13.5. The Labute approximate surface area is 110 Å². The number of amides is 2. The SMILES string of the molecule is CC(C)CNC(=O)CNC(=O)c1cncc(Cl)n1. The van der Waals surface area contributed by atoms with Crippen LogP contribution in [-0.2, 0) is 4.79 Å². The fourth-order valence-corrected chi connectivity index (χ4v) is 1.23. The zero-order valence-corrected chi connectivity index (χ0v) is 11.0. The van der Waals surface area contributed by atoms with Crippen LogP contribution in [0.25, 0.3) is 0 Å². The lowest BCUT2D eigenvalue weighted by atomic mass is 10.2. The molecule has 0 aliphatic carbocycles. The van der Waals surface area contributed by atoms with Crippen LogP contribution in [-0.4, -0.2) is 34.9 Å². The third kappa shape index (κ3) is 5.09. The lowest BCUT2D eigenvalue weighted by molar-refractivity contribution is -0.120. The van der Waals surface area contributed by atoms with E-state index in [2.05, 4.69) is 20.6 Å². The largest absolute Gasteiger partial charge is 0.354 e. The lowest BCUT2D eigenvalue weighted by Crippen LogP contribution is -2.38. The molecule has 7 heteroatoms. The Kier molecular flexibility index (Phi) is 5.51. The monoisotopic (exact) mass is 270 g/mol. The van der Waals surface area contributed by atoms with Crippen LogP contribution >= 0.6 is 11.6 Å². The topological polar surface area (TPSA) is 84.0 Å². The van der Waals surface area contributed by atoms with E-state index in [-0.39, 0.29) is 23.3 Å². The van der Waals surface area contributed by atoms with Gasteiger partial charge in [-0.1, -0.05) is 25.4 Å². The van der Waals surface area contributed by atoms with Crippen LogP contribution in [0.1, 0.15) is 24.3 Å². The van der Waals surface area contributed by atoms with Gasteiger partial charge < -0.3 is 10.6 Å². The van der Waals surface area contributed by atoms with E-state index in [0.717, 1.165) is 0 Å². The summed E-state index contributed by atoms with van der Waals surface area (Å²) in [5.41, 5.74) is 0.0826. The number of carbonyl (C=O) groups excluding carboxylic acids is 2. The lowest BCUT2D eigenvalue weighted by Gasteiger charge is -2.08. The minimum atomic E-state index is -0.482. The fraction of sp³-hybridized carbons (Fsp3) is 0.455. The van der Waals surface area contributed by atoms with Crippen molar-refractivity contribution in [1.82, 2.24) is 20.6 Å². The minimum Gasteiger partial charge on any atom is -0.354 e. The van der Waals surface area contributed by atoms with E-state index in [1.54, 1.807) is 0 Å². The Bertz CT molecular complexity index is 437. The van der Waals surface area contributed by atoms with Gasteiger partial charge in [-0.2, -0.15) is 0 Å². The van der Waals surface area contributed by atoms with Gasteiger partial charge in [0, 0.05) is 6.54 Å². The van der Waals surface area contributed by atoms with Gasteiger partial charge in [-0.25, -0.2) is 4.98 Å². The Morgan fingerprint density at radius 1 is 1.33 bits per heavy atom. The van der Waals surface area contributed by atoms with Crippen LogP contribution in [0, 0.1) is 5.92 Å². The Hall–Kier alpha value is -1.69. The Morgan fingerprint density at radius 3 is 2.67 bits per heavy atom. The number of nitrogens with one attached hydrogen (secondary N) is 2. The van der Waals surface area contributed by atoms with Gasteiger partial charge in [0.25, 0.3) is 5.91 Å². The van der Waals surface area contributed by atoms with Gasteiger partial charge in [-0.05, 0) is 5.92 Å². The van der Waals surface area contributed by atoms with Gasteiger partial charge in [-0.15, -0.1) is 0 Å². The molecule has 0 radical (unpaired) electrons. The molecule has 1 aromatic heterocycles. The summed E-state index contributed by atoms with van der Waals surface area (Å²) in [4.78, 5) is 30.5. The minimum absolute atomic E-state index is 0.0826. The summed E-state index contributed by atoms with van der Waals surface area (Å²) in [6.45, 7) is 4.45. The van der Waals surface area contributed by atoms with Crippen molar-refractivity contribution in [3.05, 3.63) is 23.2 Å². The first-order chi connectivity index (χ1) is 8.49. The predicted octanol–water partition coefficient (Wildman–Crippen LogP) is 0.632. The summed E-state index contributed by atoms with van der Waals surface area (Å²) in [5, 5.41) is 5.25. The van der Waals surface area contributed by atoms with E-state index in [1.807, 2.05) is 13.8 Å². The highest BCUT2D eigenvalue weighted by Crippen LogP contribution is 2.01. The quantitative estimate of drug-likeness (QED) is 0.822. The van der Waals surface area contributed by atoms with E-state index < -0.39 is 5.91 Å². The van der Waals surface area contributed by atoms with Gasteiger partial charge in [-0.3, -0.25) is 14.6 Å². The van der Waals surface area contributed by atoms with Crippen molar-refractivity contribution in [3.63, 3.8) is 0 Å². The van der Waals surface area contributed by atoms with Crippen LogP contribution in [0.5, 0.6) is 0 Å². The van der Waals surface area contributed by atoms with Gasteiger partial charge in [0.05, 0.1) is 18.9 Å². The second-order valence-corrected chi connectivity index (χ2v) is 4.49. The molecule has 98 valence electrons. The molecule has 0 saturated carbocycles. The summed E-state index contributed by atoms with van der Waals surface area (Å²) in [5.74, 6) is -0.361. The smallest absolute Gasteiger partial charge is 0.271 e. The number of carbonyl (C=O) groups is 2. The maximum absolute atomic E-state index is 11.6. The first kappa shape index (κ1) is 14.4. The second kappa shape index (κ2) is 6.90. The molecule has 0 fully saturated rings. The molecule has 1 rings (SSSR count). The molecule has 0 bridgehead atoms. The molecule has 2 N–H and O–H groups in total. The molecular weight excluding hydrogens is 256 g/mol. The van der Waals surface area contributed by atoms with Crippen LogP contribution in [0.3, 0.4) is 0 Å². The van der Waals surface area contributed by atoms with Crippen molar-refractivity contribution in [2.45, 2.75) is 13.8 Å². The van der Waals surface area contributed by atoms with E-state index >= 15 is 0 Å². The Balaban J connectivity index is 2.39. The van der Waals surface area contributed by atoms with Crippen molar-refractivity contribution in [1.29, 1.82) is 0 Å². The number of nitrogens with zero attached hydrogens (tertiary/aromatic N) is 2. The molecule has 0 unspecified atom stereocenters. The maximum Gasteiger partial charge on any atom is 0.271 e. The van der Waals surface area contributed by atoms with Crippen molar-refractivity contribution >= 4 is 23.4 Å². The number of aromatic nitrogens is 2. The number of halogens is 1. The zero-order valence-electron chi connectivity index (χ0n) is 10.2. The highest BCUT2D eigenvalue weighted by molar-refractivity contribution is 6.29. The van der Waals surface area contributed by atoms with Crippen molar-refractivity contribution in [3.8, 4) is 0 Å². The van der Waals surface area contributed by atoms with Crippen molar-refractivity contribution in [2.75, 3.05) is 13.1 Å². The highest BCUT2D eigenvalue weighted by Gasteiger charge is 2.10. The summed E-state index contributed by atoms with van der Waals surface area (Å²) in [6.07, 6.45) is 2.61. The molecule has 6 nitrogen and oxygen atoms in total. The van der Waals surface area contributed by atoms with Crippen LogP contribution in [0.2, 0.25) is 5.15 Å². The van der Waals surface area contributed by atoms with Gasteiger partial charge >= 0.3 is 0 Å². The molecule has 0 aliphatic rings. The fourth-order valence-electron chi connectivity index (χ4n) is 1.08.